The number of ether oxygens (including phenoxy) is 1. The van der Waals surface area contributed by atoms with Gasteiger partial charge >= 0.3 is 6.09 Å². The van der Waals surface area contributed by atoms with Gasteiger partial charge in [-0.25, -0.2) is 4.79 Å². The lowest BCUT2D eigenvalue weighted by molar-refractivity contribution is -0.141. The van der Waals surface area contributed by atoms with Gasteiger partial charge in [-0.3, -0.25) is 28.8 Å². The maximum absolute atomic E-state index is 13.7. The van der Waals surface area contributed by atoms with Crippen molar-refractivity contribution >= 4 is 41.4 Å². The van der Waals surface area contributed by atoms with Crippen molar-refractivity contribution in [1.82, 2.24) is 26.6 Å². The second-order valence-electron chi connectivity index (χ2n) is 13.9. The number of amides is 6. The van der Waals surface area contributed by atoms with Crippen molar-refractivity contribution in [3.05, 3.63) is 35.9 Å². The molecule has 1 fully saturated rings. The van der Waals surface area contributed by atoms with E-state index in [2.05, 4.69) is 26.6 Å². The summed E-state index contributed by atoms with van der Waals surface area (Å²) < 4.78 is 5.41. The predicted molar refractivity (Wildman–Crippen MR) is 182 cm³/mol. The van der Waals surface area contributed by atoms with Crippen LogP contribution in [0.4, 0.5) is 4.79 Å². The first-order chi connectivity index (χ1) is 23.0. The Balaban J connectivity index is 2.12. The molecule has 0 spiro atoms. The summed E-state index contributed by atoms with van der Waals surface area (Å²) in [4.78, 5) is 90.4. The van der Waals surface area contributed by atoms with Gasteiger partial charge in [0.05, 0.1) is 12.6 Å². The standard InChI is InChI=1S/C35H54N6O8/c1-7-14-24(29(43)33(47)37-20-26(42)40-27(30(36)44)22-15-10-8-11-16-22)38-31(45)25(19-21(2)3)39-32(46)28(23-17-12-9-13-18-23)41-34(48)49-35(4,5)6/h8,10-11,15-16,21,23-25,27-28H,7,9,12-14,17-20H2,1-6H3,(H2,36,44)(H,37,47)(H,38,45)(H,39,46)(H,40,42)(H,41,48)/t24?,25-,27-,28-/m0/s1. The van der Waals surface area contributed by atoms with E-state index in [0.29, 0.717) is 12.0 Å². The number of Topliss-reactive ketones (excluding diaryl/α,β-unsaturated/α-hetero) is 1. The van der Waals surface area contributed by atoms with Gasteiger partial charge in [-0.2, -0.15) is 0 Å². The summed E-state index contributed by atoms with van der Waals surface area (Å²) in [5.41, 5.74) is 5.11. The van der Waals surface area contributed by atoms with Crippen LogP contribution in [-0.4, -0.2) is 71.7 Å². The maximum Gasteiger partial charge on any atom is 0.408 e. The first-order valence-electron chi connectivity index (χ1n) is 17.1. The molecule has 0 aromatic heterocycles. The molecule has 2 rings (SSSR count). The Kier molecular flexibility index (Phi) is 16.2. The van der Waals surface area contributed by atoms with Crippen molar-refractivity contribution in [2.45, 2.75) is 123 Å². The monoisotopic (exact) mass is 686 g/mol. The van der Waals surface area contributed by atoms with Gasteiger partial charge in [-0.05, 0) is 63.9 Å². The van der Waals surface area contributed by atoms with E-state index in [1.54, 1.807) is 58.0 Å². The lowest BCUT2D eigenvalue weighted by atomic mass is 9.83. The largest absolute Gasteiger partial charge is 0.444 e. The van der Waals surface area contributed by atoms with E-state index in [4.69, 9.17) is 10.5 Å². The fourth-order valence-corrected chi connectivity index (χ4v) is 5.68. The molecule has 6 amide bonds. The SMILES string of the molecule is CCCC(NC(=O)[C@H](CC(C)C)NC(=O)[C@@H](NC(=O)OC(C)(C)C)C1CCCCC1)C(=O)C(=O)NCC(=O)N[C@H](C(N)=O)c1ccccc1. The van der Waals surface area contributed by atoms with Crippen LogP contribution in [0.1, 0.15) is 105 Å². The average molecular weight is 687 g/mol. The van der Waals surface area contributed by atoms with Crippen LogP contribution < -0.4 is 32.3 Å². The van der Waals surface area contributed by atoms with E-state index < -0.39 is 77.7 Å². The average Bonchev–Trinajstić information content (AvgIpc) is 3.03. The fraction of sp³-hybridized carbons (Fsp3) is 0.629. The third-order valence-electron chi connectivity index (χ3n) is 7.98. The van der Waals surface area contributed by atoms with Crippen LogP contribution >= 0.6 is 0 Å². The molecule has 272 valence electrons. The van der Waals surface area contributed by atoms with Crippen LogP contribution in [-0.2, 0) is 33.5 Å². The molecule has 1 saturated carbocycles. The Morgan fingerprint density at radius 2 is 1.47 bits per heavy atom. The molecule has 14 heteroatoms. The summed E-state index contributed by atoms with van der Waals surface area (Å²) in [5, 5.41) is 12.8. The number of carbonyl (C=O) groups excluding carboxylic acids is 7. The zero-order valence-electron chi connectivity index (χ0n) is 29.6. The van der Waals surface area contributed by atoms with E-state index in [0.717, 1.165) is 32.1 Å². The Bertz CT molecular complexity index is 1310. The lowest BCUT2D eigenvalue weighted by Crippen LogP contribution is -2.58. The summed E-state index contributed by atoms with van der Waals surface area (Å²) in [5.74, 6) is -5.02. The Morgan fingerprint density at radius 1 is 0.857 bits per heavy atom. The highest BCUT2D eigenvalue weighted by atomic mass is 16.6. The quantitative estimate of drug-likeness (QED) is 0.133. The highest BCUT2D eigenvalue weighted by Gasteiger charge is 2.36. The maximum atomic E-state index is 13.7. The van der Waals surface area contributed by atoms with E-state index in [1.807, 2.05) is 13.8 Å². The smallest absolute Gasteiger partial charge is 0.408 e. The molecule has 4 atom stereocenters. The predicted octanol–water partition coefficient (Wildman–Crippen LogP) is 2.30. The zero-order chi connectivity index (χ0) is 36.7. The van der Waals surface area contributed by atoms with E-state index in [-0.39, 0.29) is 24.7 Å². The third-order valence-corrected chi connectivity index (χ3v) is 7.98. The van der Waals surface area contributed by atoms with Crippen molar-refractivity contribution in [2.24, 2.45) is 17.6 Å². The second kappa shape index (κ2) is 19.5. The van der Waals surface area contributed by atoms with Gasteiger partial charge in [0, 0.05) is 0 Å². The lowest BCUT2D eigenvalue weighted by Gasteiger charge is -2.32. The van der Waals surface area contributed by atoms with Gasteiger partial charge in [-0.15, -0.1) is 0 Å². The fourth-order valence-electron chi connectivity index (χ4n) is 5.68. The Hall–Kier alpha value is -4.49. The van der Waals surface area contributed by atoms with E-state index >= 15 is 0 Å². The molecule has 14 nitrogen and oxygen atoms in total. The van der Waals surface area contributed by atoms with Crippen LogP contribution in [0.2, 0.25) is 0 Å². The normalized spacial score (nSPS) is 15.9. The molecule has 0 saturated heterocycles. The minimum atomic E-state index is -1.23. The Labute approximate surface area is 288 Å². The molecule has 1 aliphatic carbocycles. The number of carbonyl (C=O) groups is 7. The number of rotatable bonds is 17. The first kappa shape index (κ1) is 40.7. The highest BCUT2D eigenvalue weighted by molar-refractivity contribution is 6.38. The molecule has 7 N–H and O–H groups in total. The molecular weight excluding hydrogens is 632 g/mol. The third kappa shape index (κ3) is 14.3. The van der Waals surface area contributed by atoms with Gasteiger partial charge in [-0.1, -0.05) is 76.8 Å². The number of alkyl carbamates (subject to hydrolysis) is 1. The van der Waals surface area contributed by atoms with Gasteiger partial charge < -0.3 is 37.1 Å². The van der Waals surface area contributed by atoms with Crippen molar-refractivity contribution in [3.63, 3.8) is 0 Å². The van der Waals surface area contributed by atoms with Crippen molar-refractivity contribution in [1.29, 1.82) is 0 Å². The summed E-state index contributed by atoms with van der Waals surface area (Å²) in [6.07, 6.45) is 4.34. The van der Waals surface area contributed by atoms with Crippen LogP contribution in [0.25, 0.3) is 0 Å². The van der Waals surface area contributed by atoms with Crippen LogP contribution in [0.15, 0.2) is 30.3 Å². The minimum Gasteiger partial charge on any atom is -0.444 e. The molecule has 1 aliphatic rings. The molecule has 1 unspecified atom stereocenters. The van der Waals surface area contributed by atoms with Crippen LogP contribution in [0.3, 0.4) is 0 Å². The van der Waals surface area contributed by atoms with Gasteiger partial charge in [0.15, 0.2) is 0 Å². The summed E-state index contributed by atoms with van der Waals surface area (Å²) in [7, 11) is 0. The number of hydrogen-bond acceptors (Lipinski definition) is 8. The molecule has 0 heterocycles. The number of nitrogens with one attached hydrogen (secondary N) is 5. The van der Waals surface area contributed by atoms with Crippen LogP contribution in [0.5, 0.6) is 0 Å². The number of primary amides is 1. The summed E-state index contributed by atoms with van der Waals surface area (Å²) in [6, 6.07) is 3.93. The minimum absolute atomic E-state index is 0.0368. The van der Waals surface area contributed by atoms with E-state index in [1.165, 1.54) is 0 Å². The Morgan fingerprint density at radius 3 is 2.02 bits per heavy atom. The van der Waals surface area contributed by atoms with Crippen LogP contribution in [0, 0.1) is 11.8 Å². The molecule has 0 bridgehead atoms. The molecule has 49 heavy (non-hydrogen) atoms. The zero-order valence-corrected chi connectivity index (χ0v) is 29.6. The van der Waals surface area contributed by atoms with Crippen molar-refractivity contribution < 1.29 is 38.3 Å². The van der Waals surface area contributed by atoms with E-state index in [9.17, 15) is 33.6 Å². The molecule has 0 radical (unpaired) electrons. The number of nitrogens with two attached hydrogens (primary N) is 1. The van der Waals surface area contributed by atoms with Gasteiger partial charge in [0.25, 0.3) is 5.91 Å². The van der Waals surface area contributed by atoms with Crippen molar-refractivity contribution in [2.75, 3.05) is 6.54 Å². The molecule has 1 aromatic rings. The summed E-state index contributed by atoms with van der Waals surface area (Å²) in [6.45, 7) is 10.1. The number of benzene rings is 1. The number of hydrogen-bond donors (Lipinski definition) is 6. The second-order valence-corrected chi connectivity index (χ2v) is 13.9. The van der Waals surface area contributed by atoms with Gasteiger partial charge in [0.1, 0.15) is 23.7 Å². The molecule has 1 aromatic carbocycles. The number of ketones is 1. The molecular formula is C35H54N6O8. The molecule has 0 aliphatic heterocycles. The summed E-state index contributed by atoms with van der Waals surface area (Å²) >= 11 is 0. The first-order valence-corrected chi connectivity index (χ1v) is 17.1. The van der Waals surface area contributed by atoms with Gasteiger partial charge in [0.2, 0.25) is 29.4 Å². The topological polar surface area (TPSA) is 215 Å². The van der Waals surface area contributed by atoms with Crippen molar-refractivity contribution in [3.8, 4) is 0 Å². The highest BCUT2D eigenvalue weighted by Crippen LogP contribution is 2.27.